The van der Waals surface area contributed by atoms with Gasteiger partial charge in [0.1, 0.15) is 0 Å². The van der Waals surface area contributed by atoms with E-state index >= 15 is 0 Å². The van der Waals surface area contributed by atoms with Crippen molar-refractivity contribution < 1.29 is 4.74 Å². The van der Waals surface area contributed by atoms with E-state index in [9.17, 15) is 0 Å². The van der Waals surface area contributed by atoms with Crippen LogP contribution in [0.2, 0.25) is 0 Å². The maximum atomic E-state index is 5.69. The molecule has 2 N–H and O–H groups in total. The summed E-state index contributed by atoms with van der Waals surface area (Å²) in [5.74, 6) is 0. The van der Waals surface area contributed by atoms with Crippen molar-refractivity contribution in [1.82, 2.24) is 9.80 Å². The van der Waals surface area contributed by atoms with Crippen LogP contribution in [0.1, 0.15) is 32.6 Å². The standard InChI is InChI=1S/C14H29N3O/c1-12-10-17-7-4-3-5-13(17)11-16(12)8-6-14(9-15)18-2/h12-14H,3-11,15H2,1-2H3. The lowest BCUT2D eigenvalue weighted by atomic mass is 9.97. The maximum absolute atomic E-state index is 5.69. The van der Waals surface area contributed by atoms with Crippen molar-refractivity contribution in [1.29, 1.82) is 0 Å². The van der Waals surface area contributed by atoms with Crippen LogP contribution in [0.3, 0.4) is 0 Å². The summed E-state index contributed by atoms with van der Waals surface area (Å²) in [4.78, 5) is 5.33. The van der Waals surface area contributed by atoms with Crippen LogP contribution in [0.4, 0.5) is 0 Å². The van der Waals surface area contributed by atoms with Gasteiger partial charge in [0.05, 0.1) is 6.10 Å². The number of nitrogens with zero attached hydrogens (tertiary/aromatic N) is 2. The Morgan fingerprint density at radius 1 is 1.33 bits per heavy atom. The molecular formula is C14H29N3O. The molecule has 0 aromatic carbocycles. The van der Waals surface area contributed by atoms with Gasteiger partial charge in [-0.15, -0.1) is 0 Å². The zero-order valence-corrected chi connectivity index (χ0v) is 12.0. The summed E-state index contributed by atoms with van der Waals surface area (Å²) >= 11 is 0. The topological polar surface area (TPSA) is 41.7 Å². The highest BCUT2D eigenvalue weighted by Gasteiger charge is 2.32. The molecule has 0 bridgehead atoms. The largest absolute Gasteiger partial charge is 0.380 e. The van der Waals surface area contributed by atoms with Gasteiger partial charge >= 0.3 is 0 Å². The van der Waals surface area contributed by atoms with Crippen molar-refractivity contribution in [3.8, 4) is 0 Å². The molecule has 0 aliphatic carbocycles. The average molecular weight is 255 g/mol. The van der Waals surface area contributed by atoms with Crippen LogP contribution in [0, 0.1) is 0 Å². The van der Waals surface area contributed by atoms with Gasteiger partial charge in [0.2, 0.25) is 0 Å². The third kappa shape index (κ3) is 3.44. The fourth-order valence-electron chi connectivity index (χ4n) is 3.37. The van der Waals surface area contributed by atoms with Crippen molar-refractivity contribution in [2.24, 2.45) is 5.73 Å². The zero-order valence-electron chi connectivity index (χ0n) is 12.0. The summed E-state index contributed by atoms with van der Waals surface area (Å²) in [5.41, 5.74) is 5.69. The minimum Gasteiger partial charge on any atom is -0.380 e. The van der Waals surface area contributed by atoms with E-state index in [0.29, 0.717) is 12.6 Å². The summed E-state index contributed by atoms with van der Waals surface area (Å²) in [7, 11) is 1.76. The zero-order chi connectivity index (χ0) is 13.0. The third-order valence-electron chi connectivity index (χ3n) is 4.65. The van der Waals surface area contributed by atoms with Gasteiger partial charge in [0, 0.05) is 45.4 Å². The molecule has 2 rings (SSSR count). The molecule has 2 aliphatic heterocycles. The Bertz CT molecular complexity index is 245. The van der Waals surface area contributed by atoms with Crippen LogP contribution in [0.25, 0.3) is 0 Å². The Morgan fingerprint density at radius 2 is 2.17 bits per heavy atom. The van der Waals surface area contributed by atoms with E-state index in [2.05, 4.69) is 16.7 Å². The summed E-state index contributed by atoms with van der Waals surface area (Å²) in [6.07, 6.45) is 5.47. The van der Waals surface area contributed by atoms with E-state index < -0.39 is 0 Å². The molecule has 3 unspecified atom stereocenters. The third-order valence-corrected chi connectivity index (χ3v) is 4.65. The number of piperidine rings is 1. The molecule has 18 heavy (non-hydrogen) atoms. The first kappa shape index (κ1) is 14.3. The highest BCUT2D eigenvalue weighted by molar-refractivity contribution is 4.89. The molecule has 0 radical (unpaired) electrons. The van der Waals surface area contributed by atoms with Crippen LogP contribution >= 0.6 is 0 Å². The first-order chi connectivity index (χ1) is 8.74. The monoisotopic (exact) mass is 255 g/mol. The van der Waals surface area contributed by atoms with E-state index in [1.54, 1.807) is 7.11 Å². The van der Waals surface area contributed by atoms with Gasteiger partial charge in [-0.1, -0.05) is 6.42 Å². The molecule has 0 saturated carbocycles. The molecule has 0 aromatic heterocycles. The summed E-state index contributed by atoms with van der Waals surface area (Å²) in [6, 6.07) is 1.48. The first-order valence-corrected chi connectivity index (χ1v) is 7.45. The van der Waals surface area contributed by atoms with Gasteiger partial charge in [-0.25, -0.2) is 0 Å². The molecule has 2 saturated heterocycles. The minimum absolute atomic E-state index is 0.224. The number of hydrogen-bond donors (Lipinski definition) is 1. The lowest BCUT2D eigenvalue weighted by molar-refractivity contribution is 0.00506. The number of methoxy groups -OCH3 is 1. The lowest BCUT2D eigenvalue weighted by Gasteiger charge is -2.47. The predicted molar refractivity (Wildman–Crippen MR) is 74.7 cm³/mol. The molecule has 4 heteroatoms. The average Bonchev–Trinajstić information content (AvgIpc) is 2.40. The number of hydrogen-bond acceptors (Lipinski definition) is 4. The van der Waals surface area contributed by atoms with Crippen LogP contribution in [-0.4, -0.2) is 67.8 Å². The Balaban J connectivity index is 1.81. The molecule has 0 spiro atoms. The van der Waals surface area contributed by atoms with E-state index in [1.165, 1.54) is 38.9 Å². The van der Waals surface area contributed by atoms with Gasteiger partial charge in [-0.2, -0.15) is 0 Å². The van der Waals surface area contributed by atoms with Crippen LogP contribution in [0.15, 0.2) is 0 Å². The molecule has 0 amide bonds. The minimum atomic E-state index is 0.224. The van der Waals surface area contributed by atoms with Crippen molar-refractivity contribution in [2.45, 2.75) is 50.8 Å². The van der Waals surface area contributed by atoms with Gasteiger partial charge < -0.3 is 10.5 Å². The van der Waals surface area contributed by atoms with Crippen LogP contribution < -0.4 is 5.73 Å². The molecule has 0 aromatic rings. The van der Waals surface area contributed by atoms with E-state index in [-0.39, 0.29) is 6.10 Å². The highest BCUT2D eigenvalue weighted by atomic mass is 16.5. The molecule has 3 atom stereocenters. The highest BCUT2D eigenvalue weighted by Crippen LogP contribution is 2.24. The Morgan fingerprint density at radius 3 is 2.89 bits per heavy atom. The maximum Gasteiger partial charge on any atom is 0.0705 e. The van der Waals surface area contributed by atoms with Crippen LogP contribution in [0.5, 0.6) is 0 Å². The van der Waals surface area contributed by atoms with Gasteiger partial charge in [-0.3, -0.25) is 9.80 Å². The molecule has 2 fully saturated rings. The van der Waals surface area contributed by atoms with Gasteiger partial charge in [0.25, 0.3) is 0 Å². The number of piperazine rings is 1. The molecule has 106 valence electrons. The normalized spacial score (nSPS) is 32.2. The first-order valence-electron chi connectivity index (χ1n) is 7.45. The number of rotatable bonds is 5. The quantitative estimate of drug-likeness (QED) is 0.793. The molecular weight excluding hydrogens is 226 g/mol. The fraction of sp³-hybridized carbons (Fsp3) is 1.00. The van der Waals surface area contributed by atoms with Gasteiger partial charge in [-0.05, 0) is 32.7 Å². The van der Waals surface area contributed by atoms with Crippen molar-refractivity contribution >= 4 is 0 Å². The van der Waals surface area contributed by atoms with Gasteiger partial charge in [0.15, 0.2) is 0 Å². The lowest BCUT2D eigenvalue weighted by Crippen LogP contribution is -2.58. The van der Waals surface area contributed by atoms with E-state index in [0.717, 1.165) is 19.0 Å². The number of nitrogens with two attached hydrogens (primary N) is 1. The fourth-order valence-corrected chi connectivity index (χ4v) is 3.37. The van der Waals surface area contributed by atoms with Crippen LogP contribution in [-0.2, 0) is 4.74 Å². The second kappa shape index (κ2) is 6.85. The second-order valence-corrected chi connectivity index (χ2v) is 5.87. The Kier molecular flexibility index (Phi) is 5.42. The predicted octanol–water partition coefficient (Wildman–Crippen LogP) is 0.909. The summed E-state index contributed by atoms with van der Waals surface area (Å²) in [5, 5.41) is 0. The second-order valence-electron chi connectivity index (χ2n) is 5.87. The SMILES string of the molecule is COC(CN)CCN1CC2CCCCN2CC1C. The number of fused-ring (bicyclic) bond motifs is 1. The summed E-state index contributed by atoms with van der Waals surface area (Å²) < 4.78 is 5.37. The molecule has 4 nitrogen and oxygen atoms in total. The van der Waals surface area contributed by atoms with Crippen molar-refractivity contribution in [3.63, 3.8) is 0 Å². The van der Waals surface area contributed by atoms with Crippen molar-refractivity contribution in [2.75, 3.05) is 39.8 Å². The van der Waals surface area contributed by atoms with Crippen molar-refractivity contribution in [3.05, 3.63) is 0 Å². The smallest absolute Gasteiger partial charge is 0.0705 e. The summed E-state index contributed by atoms with van der Waals surface area (Å²) in [6.45, 7) is 7.91. The van der Waals surface area contributed by atoms with E-state index in [4.69, 9.17) is 10.5 Å². The Hall–Kier alpha value is -0.160. The number of ether oxygens (including phenoxy) is 1. The molecule has 2 heterocycles. The van der Waals surface area contributed by atoms with E-state index in [1.807, 2.05) is 0 Å². The Labute approximate surface area is 111 Å². The molecule has 2 aliphatic rings.